The Labute approximate surface area is 254 Å². The van der Waals surface area contributed by atoms with Crippen molar-refractivity contribution in [1.29, 1.82) is 0 Å². The number of anilines is 1. The van der Waals surface area contributed by atoms with Crippen LogP contribution in [0.5, 0.6) is 0 Å². The highest BCUT2D eigenvalue weighted by molar-refractivity contribution is 8.01. The third-order valence-electron chi connectivity index (χ3n) is 6.32. The molecular formula is C29H39N5O4S3. The molecule has 4 rings (SSSR count). The number of pyridine rings is 1. The Morgan fingerprint density at radius 3 is 2.44 bits per heavy atom. The van der Waals surface area contributed by atoms with Crippen LogP contribution in [0.1, 0.15) is 43.7 Å². The molecule has 0 atom stereocenters. The summed E-state index contributed by atoms with van der Waals surface area (Å²) in [7, 11) is 1.35. The quantitative estimate of drug-likeness (QED) is 0.201. The van der Waals surface area contributed by atoms with E-state index in [9.17, 15) is 9.59 Å². The van der Waals surface area contributed by atoms with Crippen molar-refractivity contribution in [2.45, 2.75) is 60.3 Å². The second kappa shape index (κ2) is 14.8. The Kier molecular flexibility index (Phi) is 11.4. The van der Waals surface area contributed by atoms with E-state index in [-0.39, 0.29) is 5.91 Å². The number of carbonyl (C=O) groups excluding carboxylic acids is 2. The second-order valence-electron chi connectivity index (χ2n) is 10.4. The number of hydrogen-bond donors (Lipinski definition) is 1. The molecule has 3 heterocycles. The number of nitrogens with one attached hydrogen (secondary N) is 1. The van der Waals surface area contributed by atoms with Gasteiger partial charge < -0.3 is 14.5 Å². The van der Waals surface area contributed by atoms with E-state index in [4.69, 9.17) is 14.1 Å². The first-order chi connectivity index (χ1) is 19.6. The number of carbonyl (C=O) groups is 2. The molecule has 9 nitrogen and oxygen atoms in total. The topological polar surface area (TPSA) is 101 Å². The van der Waals surface area contributed by atoms with Gasteiger partial charge in [0.05, 0.1) is 19.3 Å². The molecule has 1 fully saturated rings. The second-order valence-corrected chi connectivity index (χ2v) is 14.6. The van der Waals surface area contributed by atoms with Crippen LogP contribution in [-0.4, -0.2) is 94.3 Å². The van der Waals surface area contributed by atoms with Crippen LogP contribution in [-0.2, 0) is 9.53 Å². The molecule has 0 aliphatic carbocycles. The molecule has 0 unspecified atom stereocenters. The number of oxazole rings is 1. The summed E-state index contributed by atoms with van der Waals surface area (Å²) >= 11 is 4.98. The number of piperazine rings is 1. The van der Waals surface area contributed by atoms with E-state index in [1.165, 1.54) is 18.9 Å². The van der Waals surface area contributed by atoms with E-state index < -0.39 is 5.97 Å². The number of aryl methyl sites for hydroxylation is 1. The van der Waals surface area contributed by atoms with Gasteiger partial charge in [-0.15, -0.1) is 23.5 Å². The summed E-state index contributed by atoms with van der Waals surface area (Å²) in [5, 5.41) is 5.40. The largest absolute Gasteiger partial charge is 0.465 e. The number of rotatable bonds is 12. The van der Waals surface area contributed by atoms with Crippen LogP contribution in [0.15, 0.2) is 43.8 Å². The molecule has 1 aliphatic heterocycles. The summed E-state index contributed by atoms with van der Waals surface area (Å²) < 4.78 is 10.7. The predicted molar refractivity (Wildman–Crippen MR) is 169 cm³/mol. The summed E-state index contributed by atoms with van der Waals surface area (Å²) in [6.45, 7) is 15.3. The smallest absolute Gasteiger partial charge is 0.341 e. The third-order valence-corrected chi connectivity index (χ3v) is 9.16. The number of aromatic nitrogens is 2. The van der Waals surface area contributed by atoms with E-state index in [1.54, 1.807) is 35.7 Å². The fraction of sp³-hybridized carbons (Fsp3) is 0.517. The monoisotopic (exact) mass is 617 g/mol. The minimum atomic E-state index is -0.435. The molecule has 222 valence electrons. The summed E-state index contributed by atoms with van der Waals surface area (Å²) in [4.78, 5) is 40.1. The fourth-order valence-electron chi connectivity index (χ4n) is 4.46. The number of thioether (sulfide) groups is 3. The van der Waals surface area contributed by atoms with Gasteiger partial charge in [-0.25, -0.2) is 14.8 Å². The van der Waals surface area contributed by atoms with Gasteiger partial charge >= 0.3 is 5.97 Å². The first-order valence-electron chi connectivity index (χ1n) is 13.8. The van der Waals surface area contributed by atoms with Crippen LogP contribution in [0.25, 0.3) is 11.1 Å². The van der Waals surface area contributed by atoms with Gasteiger partial charge in [-0.05, 0) is 25.1 Å². The van der Waals surface area contributed by atoms with Crippen LogP contribution >= 0.6 is 35.3 Å². The normalized spacial score (nSPS) is 14.7. The maximum atomic E-state index is 13.1. The standard InChI is InChI=1S/C29H39N5O4S3/c1-18(2)40-23-16-20(5)30-27(41-19(3)4)25(23)32-24(35)17-34-12-10-33(11-13-34)14-15-39-29-31-22-9-7-8-21(26(22)38-29)28(36)37-6/h7-9,16,18-19H,10-15,17H2,1-6H3,(H,32,35). The van der Waals surface area contributed by atoms with Crippen molar-refractivity contribution in [1.82, 2.24) is 19.8 Å². The number of nitrogens with zero attached hydrogens (tertiary/aromatic N) is 4. The van der Waals surface area contributed by atoms with Gasteiger partial charge in [-0.1, -0.05) is 45.5 Å². The van der Waals surface area contributed by atoms with Crippen molar-refractivity contribution in [3.63, 3.8) is 0 Å². The Morgan fingerprint density at radius 2 is 1.76 bits per heavy atom. The molecule has 1 saturated heterocycles. The lowest BCUT2D eigenvalue weighted by atomic mass is 10.2. The zero-order valence-electron chi connectivity index (χ0n) is 24.6. The number of benzene rings is 1. The van der Waals surface area contributed by atoms with Crippen molar-refractivity contribution in [3.8, 4) is 0 Å². The average molecular weight is 618 g/mol. The van der Waals surface area contributed by atoms with E-state index in [0.717, 1.165) is 59.8 Å². The Morgan fingerprint density at radius 1 is 1.05 bits per heavy atom. The van der Waals surface area contributed by atoms with E-state index in [1.807, 2.05) is 13.0 Å². The number of methoxy groups -OCH3 is 1. The number of fused-ring (bicyclic) bond motifs is 1. The molecule has 3 aromatic rings. The van der Waals surface area contributed by atoms with E-state index in [2.05, 4.69) is 53.9 Å². The van der Waals surface area contributed by atoms with Gasteiger partial charge in [0.25, 0.3) is 5.22 Å². The summed E-state index contributed by atoms with van der Waals surface area (Å²) in [5.41, 5.74) is 3.29. The summed E-state index contributed by atoms with van der Waals surface area (Å²) in [5.74, 6) is 0.377. The lowest BCUT2D eigenvalue weighted by molar-refractivity contribution is -0.117. The summed E-state index contributed by atoms with van der Waals surface area (Å²) in [6.07, 6.45) is 0. The van der Waals surface area contributed by atoms with Gasteiger partial charge in [-0.3, -0.25) is 14.6 Å². The minimum Gasteiger partial charge on any atom is -0.465 e. The van der Waals surface area contributed by atoms with Crippen molar-refractivity contribution < 1.29 is 18.7 Å². The van der Waals surface area contributed by atoms with Crippen LogP contribution in [0.2, 0.25) is 0 Å². The molecule has 1 aromatic carbocycles. The molecule has 1 aliphatic rings. The summed E-state index contributed by atoms with van der Waals surface area (Å²) in [6, 6.07) is 7.35. The van der Waals surface area contributed by atoms with Gasteiger partial charge in [-0.2, -0.15) is 0 Å². The molecule has 12 heteroatoms. The van der Waals surface area contributed by atoms with Crippen LogP contribution in [0, 0.1) is 6.92 Å². The van der Waals surface area contributed by atoms with Crippen LogP contribution in [0.4, 0.5) is 5.69 Å². The molecule has 1 N–H and O–H groups in total. The minimum absolute atomic E-state index is 0.00171. The van der Waals surface area contributed by atoms with Crippen LogP contribution in [0.3, 0.4) is 0 Å². The fourth-order valence-corrected chi connectivity index (χ4v) is 7.29. The average Bonchev–Trinajstić information content (AvgIpc) is 3.33. The Hall–Kier alpha value is -2.25. The first-order valence-corrected chi connectivity index (χ1v) is 16.6. The highest BCUT2D eigenvalue weighted by Gasteiger charge is 2.22. The van der Waals surface area contributed by atoms with E-state index >= 15 is 0 Å². The first kappa shape index (κ1) is 31.7. The van der Waals surface area contributed by atoms with Crippen LogP contribution < -0.4 is 5.32 Å². The van der Waals surface area contributed by atoms with Gasteiger partial charge in [0.2, 0.25) is 5.91 Å². The van der Waals surface area contributed by atoms with Crippen molar-refractivity contribution in [2.75, 3.05) is 57.4 Å². The SMILES string of the molecule is COC(=O)c1cccc2nc(SCCN3CCN(CC(=O)Nc4c(SC(C)C)cc(C)nc4SC(C)C)CC3)oc12. The molecular weight excluding hydrogens is 579 g/mol. The number of amides is 1. The Bertz CT molecular complexity index is 1320. The zero-order valence-corrected chi connectivity index (χ0v) is 27.0. The maximum absolute atomic E-state index is 13.1. The molecule has 0 saturated carbocycles. The predicted octanol–water partition coefficient (Wildman–Crippen LogP) is 5.67. The molecule has 41 heavy (non-hydrogen) atoms. The Balaban J connectivity index is 1.27. The number of esters is 1. The molecule has 0 spiro atoms. The highest BCUT2D eigenvalue weighted by atomic mass is 32.2. The number of hydrogen-bond acceptors (Lipinski definition) is 11. The molecule has 0 radical (unpaired) electrons. The van der Waals surface area contributed by atoms with Crippen molar-refractivity contribution in [2.24, 2.45) is 0 Å². The van der Waals surface area contributed by atoms with Gasteiger partial charge in [0.15, 0.2) is 5.58 Å². The maximum Gasteiger partial charge on any atom is 0.341 e. The zero-order chi connectivity index (χ0) is 29.5. The number of para-hydroxylation sites is 1. The molecule has 0 bridgehead atoms. The molecule has 1 amide bonds. The lowest BCUT2D eigenvalue weighted by Crippen LogP contribution is -2.49. The lowest BCUT2D eigenvalue weighted by Gasteiger charge is -2.34. The van der Waals surface area contributed by atoms with Gasteiger partial charge in [0.1, 0.15) is 16.1 Å². The van der Waals surface area contributed by atoms with Gasteiger partial charge in [0, 0.05) is 59.6 Å². The number of ether oxygens (including phenoxy) is 1. The van der Waals surface area contributed by atoms with Crippen molar-refractivity contribution >= 4 is 63.9 Å². The molecule has 2 aromatic heterocycles. The van der Waals surface area contributed by atoms with E-state index in [0.29, 0.717) is 38.9 Å². The van der Waals surface area contributed by atoms with Crippen molar-refractivity contribution in [3.05, 3.63) is 35.5 Å². The highest BCUT2D eigenvalue weighted by Crippen LogP contribution is 2.38. The third kappa shape index (κ3) is 8.87.